The van der Waals surface area contributed by atoms with Gasteiger partial charge in [0.2, 0.25) is 0 Å². The number of carboxylic acid groups (broad SMARTS) is 3. The van der Waals surface area contributed by atoms with Crippen molar-refractivity contribution in [3.63, 3.8) is 0 Å². The van der Waals surface area contributed by atoms with E-state index in [1.165, 1.54) is 0 Å². The van der Waals surface area contributed by atoms with Gasteiger partial charge in [0.15, 0.2) is 0 Å². The Morgan fingerprint density at radius 2 is 1.24 bits per heavy atom. The zero-order valence-electron chi connectivity index (χ0n) is 14.2. The second kappa shape index (κ2) is 11.2. The molecule has 3 N–H and O–H groups in total. The summed E-state index contributed by atoms with van der Waals surface area (Å²) in [4.78, 5) is 36.3. The van der Waals surface area contributed by atoms with E-state index in [4.69, 9.17) is 15.3 Å². The molecule has 1 aromatic rings. The van der Waals surface area contributed by atoms with E-state index in [2.05, 4.69) is 4.98 Å². The van der Waals surface area contributed by atoms with Crippen LogP contribution in [0.5, 0.6) is 0 Å². The summed E-state index contributed by atoms with van der Waals surface area (Å²) < 4.78 is 0. The van der Waals surface area contributed by atoms with Gasteiger partial charge >= 0.3 is 17.9 Å². The zero-order valence-corrected chi connectivity index (χ0v) is 14.2. The number of aliphatic carboxylic acids is 3. The first-order valence-electron chi connectivity index (χ1n) is 8.50. The highest BCUT2D eigenvalue weighted by Gasteiger charge is 2.08. The molecule has 0 unspecified atom stereocenters. The van der Waals surface area contributed by atoms with Crippen LogP contribution in [-0.4, -0.2) is 38.2 Å². The van der Waals surface area contributed by atoms with Gasteiger partial charge in [0.25, 0.3) is 0 Å². The lowest BCUT2D eigenvalue weighted by molar-refractivity contribution is -0.138. The Balaban J connectivity index is 2.68. The van der Waals surface area contributed by atoms with Crippen LogP contribution in [0.15, 0.2) is 12.3 Å². The van der Waals surface area contributed by atoms with Crippen LogP contribution >= 0.6 is 0 Å². The summed E-state index contributed by atoms with van der Waals surface area (Å²) in [6.45, 7) is 0. The molecule has 0 saturated heterocycles. The molecule has 25 heavy (non-hydrogen) atoms. The van der Waals surface area contributed by atoms with Crippen molar-refractivity contribution in [2.75, 3.05) is 0 Å². The smallest absolute Gasteiger partial charge is 0.303 e. The summed E-state index contributed by atoms with van der Waals surface area (Å²) >= 11 is 0. The number of aryl methyl sites for hydroxylation is 3. The fourth-order valence-electron chi connectivity index (χ4n) is 2.61. The van der Waals surface area contributed by atoms with E-state index in [1.54, 1.807) is 6.20 Å². The number of hydrogen-bond acceptors (Lipinski definition) is 4. The number of nitrogens with zero attached hydrogens (tertiary/aromatic N) is 1. The molecule has 0 aliphatic rings. The molecule has 0 atom stereocenters. The summed E-state index contributed by atoms with van der Waals surface area (Å²) in [5.74, 6) is -2.48. The van der Waals surface area contributed by atoms with Gasteiger partial charge in [-0.15, -0.1) is 0 Å². The maximum atomic E-state index is 10.7. The first-order valence-corrected chi connectivity index (χ1v) is 8.50. The lowest BCUT2D eigenvalue weighted by atomic mass is 9.98. The van der Waals surface area contributed by atoms with Crippen molar-refractivity contribution in [2.45, 2.75) is 64.2 Å². The highest BCUT2D eigenvalue weighted by Crippen LogP contribution is 2.17. The fourth-order valence-corrected chi connectivity index (χ4v) is 2.61. The number of carbonyl (C=O) groups is 3. The van der Waals surface area contributed by atoms with Gasteiger partial charge in [-0.2, -0.15) is 0 Å². The largest absolute Gasteiger partial charge is 0.481 e. The first-order chi connectivity index (χ1) is 11.9. The minimum absolute atomic E-state index is 0.0881. The van der Waals surface area contributed by atoms with Crippen LogP contribution < -0.4 is 0 Å². The van der Waals surface area contributed by atoms with Crippen LogP contribution in [0.25, 0.3) is 0 Å². The highest BCUT2D eigenvalue weighted by molar-refractivity contribution is 5.67. The molecule has 0 aliphatic heterocycles. The van der Waals surface area contributed by atoms with Gasteiger partial charge in [-0.3, -0.25) is 19.4 Å². The Morgan fingerprint density at radius 3 is 1.80 bits per heavy atom. The SMILES string of the molecule is O=C(O)CCCCc1cc(CCCC(=O)O)c(CCCC(=O)O)cn1. The summed E-state index contributed by atoms with van der Waals surface area (Å²) in [5.41, 5.74) is 2.83. The van der Waals surface area contributed by atoms with Gasteiger partial charge < -0.3 is 15.3 Å². The van der Waals surface area contributed by atoms with Gasteiger partial charge in [-0.05, 0) is 62.1 Å². The molecule has 0 aromatic carbocycles. The molecular formula is C18H25NO6. The van der Waals surface area contributed by atoms with E-state index in [9.17, 15) is 14.4 Å². The summed E-state index contributed by atoms with van der Waals surface area (Å²) in [5, 5.41) is 26.2. The third-order valence-corrected chi connectivity index (χ3v) is 3.89. The number of aromatic nitrogens is 1. The van der Waals surface area contributed by atoms with Crippen molar-refractivity contribution in [3.8, 4) is 0 Å². The van der Waals surface area contributed by atoms with Crippen LogP contribution in [0.1, 0.15) is 61.8 Å². The lowest BCUT2D eigenvalue weighted by Crippen LogP contribution is -2.04. The maximum Gasteiger partial charge on any atom is 0.303 e. The summed E-state index contributed by atoms with van der Waals surface area (Å²) in [6, 6.07) is 1.94. The molecule has 7 heteroatoms. The van der Waals surface area contributed by atoms with E-state index in [-0.39, 0.29) is 19.3 Å². The Hall–Kier alpha value is -2.44. The minimum atomic E-state index is -0.838. The van der Waals surface area contributed by atoms with Gasteiger partial charge in [0.05, 0.1) is 0 Å². The van der Waals surface area contributed by atoms with E-state index in [0.29, 0.717) is 38.5 Å². The van der Waals surface area contributed by atoms with Crippen molar-refractivity contribution >= 4 is 17.9 Å². The molecule has 0 radical (unpaired) electrons. The fraction of sp³-hybridized carbons (Fsp3) is 0.556. The molecule has 7 nitrogen and oxygen atoms in total. The quantitative estimate of drug-likeness (QED) is 0.467. The summed E-state index contributed by atoms with van der Waals surface area (Å²) in [6.07, 6.45) is 6.29. The number of unbranched alkanes of at least 4 members (excludes halogenated alkanes) is 1. The number of pyridine rings is 1. The number of carboxylic acids is 3. The third kappa shape index (κ3) is 9.44. The summed E-state index contributed by atoms with van der Waals surface area (Å²) in [7, 11) is 0. The number of rotatable bonds is 13. The molecule has 0 bridgehead atoms. The van der Waals surface area contributed by atoms with Crippen LogP contribution in [0, 0.1) is 0 Å². The van der Waals surface area contributed by atoms with Crippen molar-refractivity contribution < 1.29 is 29.7 Å². The Bertz CT molecular complexity index is 599. The Labute approximate surface area is 146 Å². The van der Waals surface area contributed by atoms with Gasteiger partial charge in [0, 0.05) is 31.2 Å². The molecule has 1 aromatic heterocycles. The van der Waals surface area contributed by atoms with E-state index in [0.717, 1.165) is 23.2 Å². The van der Waals surface area contributed by atoms with E-state index < -0.39 is 17.9 Å². The molecule has 0 spiro atoms. The molecule has 0 amide bonds. The van der Waals surface area contributed by atoms with Crippen LogP contribution in [0.4, 0.5) is 0 Å². The molecular weight excluding hydrogens is 326 g/mol. The molecule has 1 rings (SSSR count). The first kappa shape index (κ1) is 20.6. The Morgan fingerprint density at radius 1 is 0.720 bits per heavy atom. The zero-order chi connectivity index (χ0) is 18.7. The third-order valence-electron chi connectivity index (χ3n) is 3.89. The normalized spacial score (nSPS) is 10.6. The van der Waals surface area contributed by atoms with Crippen molar-refractivity contribution in [3.05, 3.63) is 29.1 Å². The topological polar surface area (TPSA) is 125 Å². The monoisotopic (exact) mass is 351 g/mol. The highest BCUT2D eigenvalue weighted by atomic mass is 16.4. The molecule has 138 valence electrons. The lowest BCUT2D eigenvalue weighted by Gasteiger charge is -2.11. The van der Waals surface area contributed by atoms with E-state index >= 15 is 0 Å². The predicted octanol–water partition coefficient (Wildman–Crippen LogP) is 2.69. The van der Waals surface area contributed by atoms with Gasteiger partial charge in [0.1, 0.15) is 0 Å². The molecule has 0 aliphatic carbocycles. The molecule has 0 saturated carbocycles. The second-order valence-electron chi connectivity index (χ2n) is 6.04. The van der Waals surface area contributed by atoms with Crippen molar-refractivity contribution in [1.29, 1.82) is 0 Å². The average Bonchev–Trinajstić information content (AvgIpc) is 2.52. The second-order valence-corrected chi connectivity index (χ2v) is 6.04. The molecule has 1 heterocycles. The molecule has 0 fully saturated rings. The maximum absolute atomic E-state index is 10.7. The number of hydrogen-bond donors (Lipinski definition) is 3. The van der Waals surface area contributed by atoms with Crippen LogP contribution in [0.3, 0.4) is 0 Å². The predicted molar refractivity (Wildman–Crippen MR) is 90.6 cm³/mol. The van der Waals surface area contributed by atoms with Crippen LogP contribution in [-0.2, 0) is 33.6 Å². The Kier molecular flexibility index (Phi) is 9.21. The van der Waals surface area contributed by atoms with Gasteiger partial charge in [-0.1, -0.05) is 0 Å². The minimum Gasteiger partial charge on any atom is -0.481 e. The van der Waals surface area contributed by atoms with E-state index in [1.807, 2.05) is 6.07 Å². The average molecular weight is 351 g/mol. The van der Waals surface area contributed by atoms with Gasteiger partial charge in [-0.25, -0.2) is 0 Å². The van der Waals surface area contributed by atoms with Crippen molar-refractivity contribution in [2.24, 2.45) is 0 Å². The van der Waals surface area contributed by atoms with Crippen molar-refractivity contribution in [1.82, 2.24) is 4.98 Å². The standard InChI is InChI=1S/C18H25NO6/c20-16(21)8-2-1-7-15-11-13(5-3-9-17(22)23)14(12-19-15)6-4-10-18(24)25/h11-12H,1-10H2,(H,20,21)(H,22,23)(H,24,25). The van der Waals surface area contributed by atoms with Crippen LogP contribution in [0.2, 0.25) is 0 Å².